The third-order valence-electron chi connectivity index (χ3n) is 6.36. The van der Waals surface area contributed by atoms with Crippen LogP contribution in [0.1, 0.15) is 35.7 Å². The molecule has 0 aliphatic carbocycles. The number of rotatable bonds is 4. The Morgan fingerprint density at radius 2 is 2.03 bits per heavy atom. The minimum absolute atomic E-state index is 0.0177. The highest BCUT2D eigenvalue weighted by molar-refractivity contribution is 9.10. The Morgan fingerprint density at radius 1 is 1.33 bits per heavy atom. The first-order valence-corrected chi connectivity index (χ1v) is 11.2. The predicted molar refractivity (Wildman–Crippen MR) is 115 cm³/mol. The molecule has 3 heterocycles. The van der Waals surface area contributed by atoms with Crippen LogP contribution in [-0.4, -0.2) is 46.2 Å². The number of benzene rings is 1. The van der Waals surface area contributed by atoms with E-state index in [2.05, 4.69) is 15.9 Å². The van der Waals surface area contributed by atoms with Gasteiger partial charge in [0.25, 0.3) is 0 Å². The van der Waals surface area contributed by atoms with Gasteiger partial charge in [0.05, 0.1) is 10.9 Å². The van der Waals surface area contributed by atoms with Crippen molar-refractivity contribution in [1.82, 2.24) is 14.0 Å². The van der Waals surface area contributed by atoms with Gasteiger partial charge in [0.2, 0.25) is 5.91 Å². The summed E-state index contributed by atoms with van der Waals surface area (Å²) in [6.07, 6.45) is 2.32. The van der Waals surface area contributed by atoms with E-state index < -0.39 is 11.6 Å². The molecule has 1 aromatic heterocycles. The first-order valence-electron chi connectivity index (χ1n) is 10.0. The van der Waals surface area contributed by atoms with Crippen molar-refractivity contribution in [2.24, 2.45) is 7.05 Å². The van der Waals surface area contributed by atoms with E-state index in [9.17, 15) is 13.6 Å². The molecular formula is C21H24BrF2N3O2S. The van der Waals surface area contributed by atoms with Crippen molar-refractivity contribution in [3.05, 3.63) is 50.0 Å². The summed E-state index contributed by atoms with van der Waals surface area (Å²) < 4.78 is 39.1. The summed E-state index contributed by atoms with van der Waals surface area (Å²) in [5.74, 6) is -1.47. The van der Waals surface area contributed by atoms with Crippen LogP contribution in [0.2, 0.25) is 0 Å². The molecule has 0 saturated carbocycles. The number of nitrogens with zero attached hydrogens (tertiary/aromatic N) is 3. The number of amides is 1. The molecule has 1 fully saturated rings. The van der Waals surface area contributed by atoms with Gasteiger partial charge in [-0.3, -0.25) is 4.79 Å². The summed E-state index contributed by atoms with van der Waals surface area (Å²) in [5, 5.41) is 0. The largest absolute Gasteiger partial charge is 0.381 e. The van der Waals surface area contributed by atoms with Gasteiger partial charge in [-0.1, -0.05) is 0 Å². The van der Waals surface area contributed by atoms with Crippen molar-refractivity contribution in [1.29, 1.82) is 0 Å². The number of imidazole rings is 1. The van der Waals surface area contributed by atoms with Crippen molar-refractivity contribution in [2.45, 2.75) is 44.2 Å². The van der Waals surface area contributed by atoms with Crippen LogP contribution in [0.4, 0.5) is 8.78 Å². The maximum absolute atomic E-state index is 14.6. The fraction of sp³-hybridized carbons (Fsp3) is 0.524. The molecule has 1 unspecified atom stereocenters. The fourth-order valence-corrected chi connectivity index (χ4v) is 5.21. The van der Waals surface area contributed by atoms with E-state index in [0.29, 0.717) is 31.0 Å². The van der Waals surface area contributed by atoms with Crippen LogP contribution in [-0.2, 0) is 36.0 Å². The van der Waals surface area contributed by atoms with Gasteiger partial charge >= 0.3 is 0 Å². The van der Waals surface area contributed by atoms with Crippen LogP contribution in [0.25, 0.3) is 0 Å². The lowest BCUT2D eigenvalue weighted by atomic mass is 9.95. The smallest absolute Gasteiger partial charge is 0.228 e. The Kier molecular flexibility index (Phi) is 6.14. The molecule has 1 aromatic carbocycles. The Balaban J connectivity index is 1.59. The van der Waals surface area contributed by atoms with Crippen LogP contribution < -0.4 is 0 Å². The zero-order valence-electron chi connectivity index (χ0n) is 17.0. The Hall–Kier alpha value is -1.58. The lowest BCUT2D eigenvalue weighted by molar-refractivity contribution is -0.133. The molecule has 9 heteroatoms. The summed E-state index contributed by atoms with van der Waals surface area (Å²) in [6.45, 7) is 1.73. The third-order valence-corrected chi connectivity index (χ3v) is 7.47. The predicted octanol–water partition coefficient (Wildman–Crippen LogP) is 4.12. The van der Waals surface area contributed by atoms with Gasteiger partial charge < -0.3 is 18.8 Å². The molecule has 0 bridgehead atoms. The van der Waals surface area contributed by atoms with E-state index in [1.165, 1.54) is 12.1 Å². The summed E-state index contributed by atoms with van der Waals surface area (Å²) in [5.41, 5.74) is 1.78. The zero-order chi connectivity index (χ0) is 21.6. The highest BCUT2D eigenvalue weighted by Crippen LogP contribution is 2.37. The number of aromatic nitrogens is 2. The van der Waals surface area contributed by atoms with Gasteiger partial charge in [-0.05, 0) is 59.5 Å². The molecular weight excluding hydrogens is 476 g/mol. The number of hydrogen-bond acceptors (Lipinski definition) is 3. The molecule has 1 saturated heterocycles. The van der Waals surface area contributed by atoms with Crippen molar-refractivity contribution in [3.8, 4) is 0 Å². The highest BCUT2D eigenvalue weighted by Gasteiger charge is 2.33. The zero-order valence-corrected chi connectivity index (χ0v) is 19.4. The van der Waals surface area contributed by atoms with Crippen molar-refractivity contribution >= 4 is 34.1 Å². The monoisotopic (exact) mass is 499 g/mol. The van der Waals surface area contributed by atoms with E-state index in [0.717, 1.165) is 24.2 Å². The van der Waals surface area contributed by atoms with Gasteiger partial charge in [0.1, 0.15) is 11.6 Å². The Bertz CT molecular complexity index is 1050. The molecule has 0 radical (unpaired) electrons. The second-order valence-corrected chi connectivity index (χ2v) is 9.25. The number of halogens is 3. The number of likely N-dealkylation sites (N-methyl/N-ethyl adjacent to an activating group) is 1. The minimum Gasteiger partial charge on any atom is -0.381 e. The van der Waals surface area contributed by atoms with Gasteiger partial charge in [0.15, 0.2) is 4.77 Å². The number of ether oxygens (including phenoxy) is 1. The first kappa shape index (κ1) is 21.6. The van der Waals surface area contributed by atoms with Crippen molar-refractivity contribution in [3.63, 3.8) is 0 Å². The quantitative estimate of drug-likeness (QED) is 0.469. The molecule has 0 N–H and O–H groups in total. The fourth-order valence-electron chi connectivity index (χ4n) is 4.57. The molecule has 1 atom stereocenters. The van der Waals surface area contributed by atoms with Gasteiger partial charge in [0, 0.05) is 62.8 Å². The summed E-state index contributed by atoms with van der Waals surface area (Å²) >= 11 is 8.71. The van der Waals surface area contributed by atoms with Crippen LogP contribution >= 0.6 is 28.1 Å². The second kappa shape index (κ2) is 8.51. The molecule has 2 aliphatic rings. The topological polar surface area (TPSA) is 39.4 Å². The maximum Gasteiger partial charge on any atom is 0.228 e. The lowest BCUT2D eigenvalue weighted by Gasteiger charge is -2.31. The average molecular weight is 500 g/mol. The van der Waals surface area contributed by atoms with E-state index in [4.69, 9.17) is 17.0 Å². The lowest BCUT2D eigenvalue weighted by Crippen LogP contribution is -2.41. The normalized spacial score (nSPS) is 19.2. The minimum atomic E-state index is -0.571. The van der Waals surface area contributed by atoms with E-state index in [-0.39, 0.29) is 34.3 Å². The van der Waals surface area contributed by atoms with Crippen molar-refractivity contribution < 1.29 is 18.3 Å². The average Bonchev–Trinajstić information content (AvgIpc) is 3.26. The SMILES string of the molecule is CN(C(=O)Cc1c2n(c(=S)n1C)CC(c1c(F)ccc(Br)c1F)C2)C1CCOCC1. The standard InChI is InChI=1S/C21H24BrF2N3O2S/c1-25(13-5-7-29-8-6-13)18(28)10-16-17-9-12(11-27(17)21(30)26(16)2)19-15(23)4-3-14(22)20(19)24/h3-4,12-13H,5-11H2,1-2H3. The van der Waals surface area contributed by atoms with Crippen molar-refractivity contribution in [2.75, 3.05) is 20.3 Å². The number of carbonyl (C=O) groups excluding carboxylic acids is 1. The van der Waals surface area contributed by atoms with E-state index >= 15 is 0 Å². The number of fused-ring (bicyclic) bond motifs is 1. The van der Waals surface area contributed by atoms with E-state index in [1.54, 1.807) is 4.90 Å². The molecule has 162 valence electrons. The summed E-state index contributed by atoms with van der Waals surface area (Å²) in [7, 11) is 3.68. The second-order valence-electron chi connectivity index (χ2n) is 8.03. The Morgan fingerprint density at radius 3 is 2.73 bits per heavy atom. The first-order chi connectivity index (χ1) is 14.3. The van der Waals surface area contributed by atoms with Crippen LogP contribution in [0.3, 0.4) is 0 Å². The molecule has 4 rings (SSSR count). The molecule has 1 amide bonds. The third kappa shape index (κ3) is 3.76. The summed E-state index contributed by atoms with van der Waals surface area (Å²) in [4.78, 5) is 14.8. The van der Waals surface area contributed by atoms with E-state index in [1.807, 2.05) is 23.2 Å². The molecule has 2 aliphatic heterocycles. The maximum atomic E-state index is 14.6. The number of carbonyl (C=O) groups is 1. The molecule has 0 spiro atoms. The van der Waals surface area contributed by atoms with Gasteiger partial charge in [-0.25, -0.2) is 8.78 Å². The molecule has 2 aromatic rings. The number of hydrogen-bond donors (Lipinski definition) is 0. The van der Waals surface area contributed by atoms with Crippen LogP contribution in [0.5, 0.6) is 0 Å². The van der Waals surface area contributed by atoms with Gasteiger partial charge in [-0.15, -0.1) is 0 Å². The Labute approximate surface area is 187 Å². The molecule has 5 nitrogen and oxygen atoms in total. The molecule has 30 heavy (non-hydrogen) atoms. The summed E-state index contributed by atoms with van der Waals surface area (Å²) in [6, 6.07) is 2.82. The van der Waals surface area contributed by atoms with Crippen LogP contribution in [0.15, 0.2) is 16.6 Å². The highest BCUT2D eigenvalue weighted by atomic mass is 79.9. The van der Waals surface area contributed by atoms with Crippen LogP contribution in [0, 0.1) is 16.4 Å². The van der Waals surface area contributed by atoms with Gasteiger partial charge in [-0.2, -0.15) is 0 Å².